The molecule has 0 N–H and O–H groups in total. The predicted octanol–water partition coefficient (Wildman–Crippen LogP) is 5.35. The summed E-state index contributed by atoms with van der Waals surface area (Å²) >= 11 is 0. The van der Waals surface area contributed by atoms with Crippen molar-refractivity contribution in [2.45, 2.75) is 26.2 Å². The third-order valence-electron chi connectivity index (χ3n) is 3.46. The molecule has 0 saturated heterocycles. The largest absolute Gasteiger partial charge is 0.464 e. The first-order chi connectivity index (χ1) is 9.05. The van der Waals surface area contributed by atoms with Gasteiger partial charge in [-0.05, 0) is 34.7 Å². The number of hydrogen-bond acceptors (Lipinski definition) is 1. The second-order valence-electron chi connectivity index (χ2n) is 5.98. The third-order valence-corrected chi connectivity index (χ3v) is 3.46. The molecule has 0 aromatic carbocycles. The summed E-state index contributed by atoms with van der Waals surface area (Å²) in [6.07, 6.45) is 1.79. The van der Waals surface area contributed by atoms with Gasteiger partial charge in [-0.3, -0.25) is 0 Å². The van der Waals surface area contributed by atoms with Crippen molar-refractivity contribution in [3.63, 3.8) is 0 Å². The molecule has 0 fully saturated rings. The van der Waals surface area contributed by atoms with Crippen LogP contribution in [-0.4, -0.2) is 0 Å². The normalized spacial score (nSPS) is 11.9. The van der Waals surface area contributed by atoms with E-state index in [0.29, 0.717) is 0 Å². The average molecular weight is 250 g/mol. The van der Waals surface area contributed by atoms with Crippen molar-refractivity contribution in [1.82, 2.24) is 0 Å². The molecule has 1 heteroatoms. The van der Waals surface area contributed by atoms with Gasteiger partial charge >= 0.3 is 0 Å². The lowest BCUT2D eigenvalue weighted by atomic mass is 9.86. The van der Waals surface area contributed by atoms with E-state index >= 15 is 0 Å². The van der Waals surface area contributed by atoms with Gasteiger partial charge in [0.15, 0.2) is 0 Å². The van der Waals surface area contributed by atoms with E-state index in [0.717, 1.165) is 11.3 Å². The van der Waals surface area contributed by atoms with Crippen molar-refractivity contribution < 1.29 is 4.42 Å². The maximum atomic E-state index is 5.73. The molecule has 0 bridgehead atoms. The van der Waals surface area contributed by atoms with Crippen LogP contribution >= 0.6 is 0 Å². The van der Waals surface area contributed by atoms with Gasteiger partial charge in [0.1, 0.15) is 5.76 Å². The molecule has 1 aromatic rings. The molecular weight excluding hydrogens is 232 g/mol. The summed E-state index contributed by atoms with van der Waals surface area (Å²) in [5.74, 6) is 0.992. The molecule has 2 aliphatic rings. The first-order valence-corrected chi connectivity index (χ1v) is 6.63. The summed E-state index contributed by atoms with van der Waals surface area (Å²) in [6.45, 7) is 6.64. The lowest BCUT2D eigenvalue weighted by molar-refractivity contribution is 0.551. The first-order valence-electron chi connectivity index (χ1n) is 6.63. The standard InChI is InChI=1S/C18H18O/c1-18(2,3)16-9-10-19-17(16)15-11-13-7-5-4-6-8-14(13)12-15/h4-12H,1-3H3. The summed E-state index contributed by atoms with van der Waals surface area (Å²) < 4.78 is 5.73. The molecule has 0 saturated carbocycles. The molecule has 1 heterocycles. The molecule has 0 spiro atoms. The van der Waals surface area contributed by atoms with Crippen LogP contribution in [-0.2, 0) is 5.41 Å². The first kappa shape index (κ1) is 12.0. The molecule has 1 nitrogen and oxygen atoms in total. The average Bonchev–Trinajstić information content (AvgIpc) is 2.91. The SMILES string of the molecule is CC(C)(C)c1ccoc1-c1cc2cccccc-2c1. The maximum absolute atomic E-state index is 5.73. The van der Waals surface area contributed by atoms with Crippen LogP contribution in [0.5, 0.6) is 0 Å². The Morgan fingerprint density at radius 1 is 0.789 bits per heavy atom. The third kappa shape index (κ3) is 2.17. The Kier molecular flexibility index (Phi) is 2.70. The minimum atomic E-state index is 0.0937. The van der Waals surface area contributed by atoms with Gasteiger partial charge in [-0.25, -0.2) is 0 Å². The second kappa shape index (κ2) is 4.27. The van der Waals surface area contributed by atoms with Gasteiger partial charge < -0.3 is 4.42 Å². The molecule has 0 atom stereocenters. The van der Waals surface area contributed by atoms with Gasteiger partial charge in [-0.2, -0.15) is 0 Å². The zero-order chi connectivity index (χ0) is 13.5. The van der Waals surface area contributed by atoms with E-state index in [1.54, 1.807) is 6.26 Å². The summed E-state index contributed by atoms with van der Waals surface area (Å²) in [7, 11) is 0. The molecular formula is C18H18O. The maximum Gasteiger partial charge on any atom is 0.137 e. The van der Waals surface area contributed by atoms with Crippen molar-refractivity contribution >= 4 is 0 Å². The highest BCUT2D eigenvalue weighted by atomic mass is 16.3. The van der Waals surface area contributed by atoms with Gasteiger partial charge in [0, 0.05) is 11.1 Å². The van der Waals surface area contributed by atoms with E-state index in [4.69, 9.17) is 4.42 Å². The molecule has 0 radical (unpaired) electrons. The smallest absolute Gasteiger partial charge is 0.137 e. The van der Waals surface area contributed by atoms with Gasteiger partial charge in [0.25, 0.3) is 0 Å². The van der Waals surface area contributed by atoms with Crippen molar-refractivity contribution in [3.8, 4) is 22.5 Å². The monoisotopic (exact) mass is 250 g/mol. The minimum Gasteiger partial charge on any atom is -0.464 e. The lowest BCUT2D eigenvalue weighted by Gasteiger charge is -2.17. The van der Waals surface area contributed by atoms with Crippen LogP contribution in [0.3, 0.4) is 0 Å². The van der Waals surface area contributed by atoms with Gasteiger partial charge in [0.05, 0.1) is 6.26 Å². The van der Waals surface area contributed by atoms with E-state index in [9.17, 15) is 0 Å². The zero-order valence-electron chi connectivity index (χ0n) is 11.6. The summed E-state index contributed by atoms with van der Waals surface area (Å²) in [4.78, 5) is 0. The van der Waals surface area contributed by atoms with Crippen LogP contribution in [0.25, 0.3) is 22.5 Å². The van der Waals surface area contributed by atoms with Crippen molar-refractivity contribution in [2.24, 2.45) is 0 Å². The van der Waals surface area contributed by atoms with E-state index < -0.39 is 0 Å². The fraction of sp³-hybridized carbons (Fsp3) is 0.222. The highest BCUT2D eigenvalue weighted by Gasteiger charge is 2.22. The molecule has 19 heavy (non-hydrogen) atoms. The van der Waals surface area contributed by atoms with Crippen LogP contribution in [0.4, 0.5) is 0 Å². The van der Waals surface area contributed by atoms with E-state index in [1.807, 2.05) is 6.07 Å². The number of rotatable bonds is 1. The van der Waals surface area contributed by atoms with Crippen molar-refractivity contribution in [2.75, 3.05) is 0 Å². The van der Waals surface area contributed by atoms with Crippen LogP contribution < -0.4 is 0 Å². The summed E-state index contributed by atoms with van der Waals surface area (Å²) in [5, 5.41) is 0. The van der Waals surface area contributed by atoms with Crippen LogP contribution in [0, 0.1) is 0 Å². The fourth-order valence-electron chi connectivity index (χ4n) is 2.47. The van der Waals surface area contributed by atoms with E-state index in [1.165, 1.54) is 16.7 Å². The molecule has 0 amide bonds. The number of hydrogen-bond donors (Lipinski definition) is 0. The Balaban J connectivity index is 2.17. The Morgan fingerprint density at radius 2 is 1.42 bits per heavy atom. The Bertz CT molecular complexity index is 639. The minimum absolute atomic E-state index is 0.0937. The van der Waals surface area contributed by atoms with Crippen molar-refractivity contribution in [3.05, 3.63) is 60.4 Å². The molecule has 1 aromatic heterocycles. The second-order valence-corrected chi connectivity index (χ2v) is 5.98. The Morgan fingerprint density at radius 3 is 2.00 bits per heavy atom. The molecule has 96 valence electrons. The van der Waals surface area contributed by atoms with Gasteiger partial charge in [0.2, 0.25) is 0 Å². The molecule has 2 aliphatic carbocycles. The predicted molar refractivity (Wildman–Crippen MR) is 79.5 cm³/mol. The van der Waals surface area contributed by atoms with Gasteiger partial charge in [-0.1, -0.05) is 51.1 Å². The molecule has 0 unspecified atom stereocenters. The zero-order valence-corrected chi connectivity index (χ0v) is 11.6. The van der Waals surface area contributed by atoms with Crippen LogP contribution in [0.1, 0.15) is 26.3 Å². The molecule has 3 rings (SSSR count). The molecule has 0 aliphatic heterocycles. The topological polar surface area (TPSA) is 13.1 Å². The number of furan rings is 1. The summed E-state index contributed by atoms with van der Waals surface area (Å²) in [6, 6.07) is 16.9. The number of fused-ring (bicyclic) bond motifs is 1. The van der Waals surface area contributed by atoms with Crippen LogP contribution in [0.2, 0.25) is 0 Å². The van der Waals surface area contributed by atoms with E-state index in [2.05, 4.69) is 63.2 Å². The van der Waals surface area contributed by atoms with Crippen LogP contribution in [0.15, 0.2) is 59.2 Å². The quantitative estimate of drug-likeness (QED) is 0.567. The summed E-state index contributed by atoms with van der Waals surface area (Å²) in [5.41, 5.74) is 5.01. The highest BCUT2D eigenvalue weighted by molar-refractivity contribution is 5.79. The van der Waals surface area contributed by atoms with Crippen molar-refractivity contribution in [1.29, 1.82) is 0 Å². The fourth-order valence-corrected chi connectivity index (χ4v) is 2.47. The highest BCUT2D eigenvalue weighted by Crippen LogP contribution is 2.38. The Hall–Kier alpha value is -2.02. The van der Waals surface area contributed by atoms with E-state index in [-0.39, 0.29) is 5.41 Å². The lowest BCUT2D eigenvalue weighted by Crippen LogP contribution is -2.10. The Labute approximate surface area is 114 Å². The van der Waals surface area contributed by atoms with Gasteiger partial charge in [-0.15, -0.1) is 0 Å².